The monoisotopic (exact) mass is 362 g/mol. The lowest BCUT2D eigenvalue weighted by Gasteiger charge is -2.18. The Bertz CT molecular complexity index is 840. The highest BCUT2D eigenvalue weighted by Gasteiger charge is 2.13. The van der Waals surface area contributed by atoms with Gasteiger partial charge < -0.3 is 16.0 Å². The van der Waals surface area contributed by atoms with E-state index in [9.17, 15) is 4.79 Å². The van der Waals surface area contributed by atoms with Crippen molar-refractivity contribution < 1.29 is 4.79 Å². The maximum atomic E-state index is 12.0. The predicted molar refractivity (Wildman–Crippen MR) is 113 cm³/mol. The molecule has 0 atom stereocenters. The van der Waals surface area contributed by atoms with Gasteiger partial charge in [0.25, 0.3) is 5.91 Å². The van der Waals surface area contributed by atoms with Crippen molar-refractivity contribution in [3.05, 3.63) is 71.3 Å². The number of benzene rings is 2. The number of carbonyl (C=O) groups is 1. The van der Waals surface area contributed by atoms with Crippen molar-refractivity contribution in [2.45, 2.75) is 6.42 Å². The maximum Gasteiger partial charge on any atom is 0.251 e. The van der Waals surface area contributed by atoms with Crippen LogP contribution in [-0.2, 0) is 0 Å². The Balaban J connectivity index is 1.72. The number of nitrogens with two attached hydrogens (primary N) is 1. The van der Waals surface area contributed by atoms with Gasteiger partial charge in [0, 0.05) is 37.0 Å². The zero-order valence-corrected chi connectivity index (χ0v) is 15.7. The molecule has 0 unspecified atom stereocenters. The number of benzodiazepines with no additional fused rings is 1. The van der Waals surface area contributed by atoms with E-state index in [1.165, 1.54) is 5.69 Å². The molecule has 0 aliphatic carbocycles. The zero-order chi connectivity index (χ0) is 19.1. The van der Waals surface area contributed by atoms with Gasteiger partial charge >= 0.3 is 0 Å². The van der Waals surface area contributed by atoms with Gasteiger partial charge in [0.05, 0.1) is 12.3 Å². The average molecular weight is 362 g/mol. The van der Waals surface area contributed by atoms with Crippen LogP contribution in [0.15, 0.2) is 59.6 Å². The number of fused-ring (bicyclic) bond motifs is 1. The number of allylic oxidation sites excluding steroid dienone is 1. The minimum absolute atomic E-state index is 0.0657. The summed E-state index contributed by atoms with van der Waals surface area (Å²) < 4.78 is 0. The predicted octanol–water partition coefficient (Wildman–Crippen LogP) is 2.72. The number of hydrogen-bond acceptors (Lipinski definition) is 4. The number of carbonyl (C=O) groups excluding carboxylic acids is 1. The number of anilines is 1. The highest BCUT2D eigenvalue weighted by Crippen LogP contribution is 2.23. The van der Waals surface area contributed by atoms with Crippen molar-refractivity contribution in [1.29, 1.82) is 0 Å². The van der Waals surface area contributed by atoms with Crippen molar-refractivity contribution in [2.75, 3.05) is 38.1 Å². The fraction of sp³-hybridized carbons (Fsp3) is 0.273. The Morgan fingerprint density at radius 2 is 1.96 bits per heavy atom. The van der Waals surface area contributed by atoms with Crippen molar-refractivity contribution in [3.8, 4) is 0 Å². The van der Waals surface area contributed by atoms with E-state index >= 15 is 0 Å². The molecular weight excluding hydrogens is 336 g/mol. The van der Waals surface area contributed by atoms with Crippen LogP contribution < -0.4 is 16.0 Å². The summed E-state index contributed by atoms with van der Waals surface area (Å²) in [7, 11) is 2.10. The molecule has 2 aromatic rings. The smallest absolute Gasteiger partial charge is 0.251 e. The van der Waals surface area contributed by atoms with Crippen molar-refractivity contribution in [2.24, 2.45) is 10.7 Å². The molecule has 1 heterocycles. The quantitative estimate of drug-likeness (QED) is 0.776. The number of nitrogens with one attached hydrogen (secondary N) is 1. The molecule has 0 saturated heterocycles. The Hall–Kier alpha value is -2.92. The second-order valence-electron chi connectivity index (χ2n) is 6.56. The Morgan fingerprint density at radius 3 is 2.74 bits per heavy atom. The molecule has 1 amide bonds. The number of rotatable bonds is 6. The largest absolute Gasteiger partial charge is 0.372 e. The van der Waals surface area contributed by atoms with Gasteiger partial charge in [-0.1, -0.05) is 36.4 Å². The lowest BCUT2D eigenvalue weighted by molar-refractivity contribution is 0.0953. The van der Waals surface area contributed by atoms with E-state index in [2.05, 4.69) is 35.5 Å². The van der Waals surface area contributed by atoms with E-state index in [0.717, 1.165) is 36.3 Å². The SMILES string of the molecule is CN1CCN=C(/C=C/c2ccc(C(=O)NCCCN)cc2)c2ccccc21. The van der Waals surface area contributed by atoms with Gasteiger partial charge in [-0.25, -0.2) is 0 Å². The van der Waals surface area contributed by atoms with Crippen LogP contribution >= 0.6 is 0 Å². The third kappa shape index (κ3) is 4.83. The van der Waals surface area contributed by atoms with Gasteiger partial charge in [0.2, 0.25) is 0 Å². The minimum atomic E-state index is -0.0657. The molecule has 0 fully saturated rings. The second-order valence-corrected chi connectivity index (χ2v) is 6.56. The Labute approximate surface area is 160 Å². The van der Waals surface area contributed by atoms with Crippen molar-refractivity contribution in [3.63, 3.8) is 0 Å². The second kappa shape index (κ2) is 9.14. The number of amides is 1. The number of aliphatic imine (C=N–C) groups is 1. The maximum absolute atomic E-state index is 12.0. The molecule has 0 aromatic heterocycles. The van der Waals surface area contributed by atoms with Crippen LogP contribution in [0.1, 0.15) is 27.9 Å². The summed E-state index contributed by atoms with van der Waals surface area (Å²) in [6.45, 7) is 2.85. The van der Waals surface area contributed by atoms with Crippen LogP contribution in [0.4, 0.5) is 5.69 Å². The lowest BCUT2D eigenvalue weighted by Crippen LogP contribution is -2.25. The molecule has 27 heavy (non-hydrogen) atoms. The molecule has 0 saturated carbocycles. The molecule has 2 aromatic carbocycles. The molecule has 3 N–H and O–H groups in total. The summed E-state index contributed by atoms with van der Waals surface area (Å²) in [6.07, 6.45) is 4.87. The summed E-state index contributed by atoms with van der Waals surface area (Å²) in [5.41, 5.74) is 10.5. The molecule has 0 bridgehead atoms. The van der Waals surface area contributed by atoms with E-state index < -0.39 is 0 Å². The van der Waals surface area contributed by atoms with Crippen molar-refractivity contribution in [1.82, 2.24) is 5.32 Å². The fourth-order valence-corrected chi connectivity index (χ4v) is 3.02. The molecule has 0 radical (unpaired) electrons. The number of hydrogen-bond donors (Lipinski definition) is 2. The van der Waals surface area contributed by atoms with Gasteiger partial charge in [-0.3, -0.25) is 9.79 Å². The highest BCUT2D eigenvalue weighted by atomic mass is 16.1. The third-order valence-corrected chi connectivity index (χ3v) is 4.58. The number of nitrogens with zero attached hydrogens (tertiary/aromatic N) is 2. The Morgan fingerprint density at radius 1 is 1.19 bits per heavy atom. The standard InChI is InChI=1S/C22H26N4O/c1-26-16-15-24-20(19-5-2-3-6-21(19)26)12-9-17-7-10-18(11-8-17)22(27)25-14-4-13-23/h2-3,5-12H,4,13-16,23H2,1H3,(H,25,27)/b12-9+. The zero-order valence-electron chi connectivity index (χ0n) is 15.7. The topological polar surface area (TPSA) is 70.7 Å². The highest BCUT2D eigenvalue weighted by molar-refractivity contribution is 6.14. The molecule has 0 spiro atoms. The lowest BCUT2D eigenvalue weighted by atomic mass is 10.0. The normalized spacial score (nSPS) is 13.9. The van der Waals surface area contributed by atoms with Gasteiger partial charge in [0.15, 0.2) is 0 Å². The van der Waals surface area contributed by atoms with E-state index in [1.807, 2.05) is 42.5 Å². The van der Waals surface area contributed by atoms with Crippen molar-refractivity contribution >= 4 is 23.4 Å². The molecular formula is C22H26N4O. The number of likely N-dealkylation sites (N-methyl/N-ethyl adjacent to an activating group) is 1. The minimum Gasteiger partial charge on any atom is -0.372 e. The van der Waals surface area contributed by atoms with Crippen LogP contribution in [-0.4, -0.2) is 44.8 Å². The summed E-state index contributed by atoms with van der Waals surface area (Å²) in [5, 5.41) is 2.86. The summed E-state index contributed by atoms with van der Waals surface area (Å²) in [5.74, 6) is -0.0657. The molecule has 5 heteroatoms. The van der Waals surface area contributed by atoms with Crippen LogP contribution in [0.2, 0.25) is 0 Å². The first-order chi connectivity index (χ1) is 13.2. The van der Waals surface area contributed by atoms with Gasteiger partial charge in [0.1, 0.15) is 0 Å². The van der Waals surface area contributed by atoms with Gasteiger partial charge in [-0.2, -0.15) is 0 Å². The Kier molecular flexibility index (Phi) is 6.39. The summed E-state index contributed by atoms with van der Waals surface area (Å²) in [6, 6.07) is 15.9. The van der Waals surface area contributed by atoms with Crippen LogP contribution in [0, 0.1) is 0 Å². The van der Waals surface area contributed by atoms with Crippen LogP contribution in [0.5, 0.6) is 0 Å². The summed E-state index contributed by atoms with van der Waals surface area (Å²) in [4.78, 5) is 19.0. The molecule has 1 aliphatic rings. The first-order valence-electron chi connectivity index (χ1n) is 9.30. The fourth-order valence-electron chi connectivity index (χ4n) is 3.02. The van der Waals surface area contributed by atoms with E-state index in [1.54, 1.807) is 0 Å². The molecule has 140 valence electrons. The molecule has 1 aliphatic heterocycles. The van der Waals surface area contributed by atoms with Crippen LogP contribution in [0.25, 0.3) is 6.08 Å². The van der Waals surface area contributed by atoms with Gasteiger partial charge in [-0.15, -0.1) is 0 Å². The third-order valence-electron chi connectivity index (χ3n) is 4.58. The molecule has 3 rings (SSSR count). The number of para-hydroxylation sites is 1. The van der Waals surface area contributed by atoms with Gasteiger partial charge in [-0.05, 0) is 42.8 Å². The van der Waals surface area contributed by atoms with E-state index in [0.29, 0.717) is 18.7 Å². The first-order valence-corrected chi connectivity index (χ1v) is 9.30. The first kappa shape index (κ1) is 18.9. The molecule has 5 nitrogen and oxygen atoms in total. The van der Waals surface area contributed by atoms with Crippen LogP contribution in [0.3, 0.4) is 0 Å². The average Bonchev–Trinajstić information content (AvgIpc) is 2.86. The van der Waals surface area contributed by atoms with E-state index in [4.69, 9.17) is 10.7 Å². The van der Waals surface area contributed by atoms with E-state index in [-0.39, 0.29) is 5.91 Å². The summed E-state index contributed by atoms with van der Waals surface area (Å²) >= 11 is 0.